The Morgan fingerprint density at radius 1 is 1.29 bits per heavy atom. The molecule has 3 aliphatic rings. The first-order valence-electron chi connectivity index (χ1n) is 8.31. The Morgan fingerprint density at radius 2 is 2.05 bits per heavy atom. The zero-order chi connectivity index (χ0) is 15.0. The maximum absolute atomic E-state index is 3.84. The fourth-order valence-electron chi connectivity index (χ4n) is 5.88. The smallest absolute Gasteiger partial charge is 0.200 e. The first kappa shape index (κ1) is 13.7. The normalized spacial score (nSPS) is 44.2. The van der Waals surface area contributed by atoms with Crippen LogP contribution in [0.3, 0.4) is 0 Å². The summed E-state index contributed by atoms with van der Waals surface area (Å²) in [7, 11) is 4.41. The lowest BCUT2D eigenvalue weighted by molar-refractivity contribution is -0.682. The average molecular weight is 286 g/mol. The molecule has 1 saturated heterocycles. The van der Waals surface area contributed by atoms with E-state index in [-0.39, 0.29) is 0 Å². The molecule has 3 heteroatoms. The lowest BCUT2D eigenvalue weighted by Crippen LogP contribution is -2.46. The Hall–Kier alpha value is -0.930. The van der Waals surface area contributed by atoms with Crippen molar-refractivity contribution >= 4 is 0 Å². The van der Waals surface area contributed by atoms with Crippen LogP contribution in [0.4, 0.5) is 0 Å². The Kier molecular flexibility index (Phi) is 2.66. The molecule has 21 heavy (non-hydrogen) atoms. The molecule has 1 aromatic heterocycles. The highest BCUT2D eigenvalue weighted by atomic mass is 15.6. The van der Waals surface area contributed by atoms with Crippen LogP contribution in [0.1, 0.15) is 45.3 Å². The van der Waals surface area contributed by atoms with E-state index in [1.807, 2.05) is 0 Å². The molecular formula is C18H28N3+. The van der Waals surface area contributed by atoms with E-state index >= 15 is 0 Å². The number of pyridine rings is 1. The van der Waals surface area contributed by atoms with Gasteiger partial charge in [0.25, 0.3) is 0 Å². The highest BCUT2D eigenvalue weighted by Gasteiger charge is 2.70. The molecule has 2 bridgehead atoms. The molecule has 0 spiro atoms. The van der Waals surface area contributed by atoms with Crippen LogP contribution in [0, 0.1) is 22.7 Å². The minimum atomic E-state index is 0.429. The van der Waals surface area contributed by atoms with Crippen molar-refractivity contribution < 1.29 is 4.57 Å². The first-order chi connectivity index (χ1) is 9.88. The van der Waals surface area contributed by atoms with Gasteiger partial charge in [-0.15, -0.1) is 0 Å². The van der Waals surface area contributed by atoms with Crippen molar-refractivity contribution in [2.75, 3.05) is 7.05 Å². The third-order valence-electron chi connectivity index (χ3n) is 7.43. The van der Waals surface area contributed by atoms with Crippen molar-refractivity contribution in [1.82, 2.24) is 10.4 Å². The summed E-state index contributed by atoms with van der Waals surface area (Å²) in [4.78, 5) is 0. The zero-order valence-electron chi connectivity index (χ0n) is 13.9. The fraction of sp³-hybridized carbons (Fsp3) is 0.722. The van der Waals surface area contributed by atoms with Gasteiger partial charge >= 0.3 is 0 Å². The predicted octanol–water partition coefficient (Wildman–Crippen LogP) is 2.44. The Bertz CT molecular complexity index is 582. The Balaban J connectivity index is 1.81. The summed E-state index contributed by atoms with van der Waals surface area (Å²) in [5, 5.41) is 2.39. The zero-order valence-corrected chi connectivity index (χ0v) is 13.9. The quantitative estimate of drug-likeness (QED) is 0.800. The van der Waals surface area contributed by atoms with Crippen LogP contribution in [-0.2, 0) is 7.05 Å². The van der Waals surface area contributed by atoms with Gasteiger partial charge in [-0.25, -0.2) is 9.58 Å². The number of aryl methyl sites for hydroxylation is 1. The number of rotatable bonds is 1. The Labute approximate surface area is 128 Å². The Morgan fingerprint density at radius 3 is 2.76 bits per heavy atom. The highest BCUT2D eigenvalue weighted by Crippen LogP contribution is 2.71. The summed E-state index contributed by atoms with van der Waals surface area (Å²) < 4.78 is 2.30. The van der Waals surface area contributed by atoms with Gasteiger partial charge in [0.05, 0.1) is 0 Å². The summed E-state index contributed by atoms with van der Waals surface area (Å²) in [6, 6.07) is 7.72. The highest BCUT2D eigenvalue weighted by molar-refractivity contribution is 5.23. The molecule has 0 aromatic carbocycles. The van der Waals surface area contributed by atoms with E-state index in [4.69, 9.17) is 0 Å². The molecule has 4 rings (SSSR count). The van der Waals surface area contributed by atoms with Gasteiger partial charge in [-0.1, -0.05) is 26.8 Å². The van der Waals surface area contributed by atoms with Crippen molar-refractivity contribution in [3.8, 4) is 0 Å². The van der Waals surface area contributed by atoms with Gasteiger partial charge in [0.15, 0.2) is 11.9 Å². The molecule has 2 heterocycles. The topological polar surface area (TPSA) is 19.1 Å². The molecule has 5 atom stereocenters. The molecule has 5 unspecified atom stereocenters. The first-order valence-corrected chi connectivity index (χ1v) is 8.31. The van der Waals surface area contributed by atoms with E-state index in [0.717, 1.165) is 11.8 Å². The maximum atomic E-state index is 3.84. The molecule has 2 aliphatic carbocycles. The standard InChI is InChI=1S/C18H28N3/c1-17(2)12-9-10-18(17,3)16-14(12)15(21(5)19-16)13-8-6-7-11-20(13)4/h6-8,11-12,14-16,19H,9-10H2,1-5H3/q+1. The molecule has 1 aliphatic heterocycles. The molecule has 2 saturated carbocycles. The number of hydrazine groups is 1. The van der Waals surface area contributed by atoms with Crippen LogP contribution in [0.15, 0.2) is 24.4 Å². The second kappa shape index (κ2) is 4.08. The monoisotopic (exact) mass is 286 g/mol. The van der Waals surface area contributed by atoms with E-state index in [0.29, 0.717) is 22.9 Å². The number of nitrogens with one attached hydrogen (secondary N) is 1. The summed E-state index contributed by atoms with van der Waals surface area (Å²) in [5.74, 6) is 1.56. The minimum Gasteiger partial charge on any atom is -0.251 e. The molecule has 3 fully saturated rings. The van der Waals surface area contributed by atoms with Gasteiger partial charge in [0.2, 0.25) is 0 Å². The maximum Gasteiger partial charge on any atom is 0.200 e. The molecule has 1 N–H and O–H groups in total. The lowest BCUT2D eigenvalue weighted by Gasteiger charge is -2.39. The SMILES string of the molecule is CN1NC2C(C1c1cccc[n+]1C)C1CCC2(C)C1(C)C. The van der Waals surface area contributed by atoms with Crippen molar-refractivity contribution in [2.45, 2.75) is 45.7 Å². The number of hydrogen-bond donors (Lipinski definition) is 1. The third kappa shape index (κ3) is 1.49. The molecule has 114 valence electrons. The van der Waals surface area contributed by atoms with Crippen molar-refractivity contribution in [3.05, 3.63) is 30.1 Å². The van der Waals surface area contributed by atoms with E-state index in [1.165, 1.54) is 18.5 Å². The number of aromatic nitrogens is 1. The number of nitrogens with zero attached hydrogens (tertiary/aromatic N) is 2. The molecule has 1 aromatic rings. The van der Waals surface area contributed by atoms with Crippen LogP contribution in [0.5, 0.6) is 0 Å². The van der Waals surface area contributed by atoms with Crippen LogP contribution >= 0.6 is 0 Å². The van der Waals surface area contributed by atoms with E-state index < -0.39 is 0 Å². The predicted molar refractivity (Wildman–Crippen MR) is 83.1 cm³/mol. The number of fused-ring (bicyclic) bond motifs is 5. The summed E-state index contributed by atoms with van der Waals surface area (Å²) >= 11 is 0. The van der Waals surface area contributed by atoms with Crippen LogP contribution < -0.4 is 9.99 Å². The lowest BCUT2D eigenvalue weighted by atomic mass is 9.69. The summed E-state index contributed by atoms with van der Waals surface area (Å²) in [6.45, 7) is 7.53. The van der Waals surface area contributed by atoms with Gasteiger partial charge in [0, 0.05) is 31.1 Å². The van der Waals surface area contributed by atoms with Gasteiger partial charge in [0.1, 0.15) is 13.1 Å². The average Bonchev–Trinajstić information content (AvgIpc) is 2.93. The van der Waals surface area contributed by atoms with E-state index in [9.17, 15) is 0 Å². The van der Waals surface area contributed by atoms with E-state index in [2.05, 4.69) is 74.3 Å². The molecular weight excluding hydrogens is 258 g/mol. The van der Waals surface area contributed by atoms with Crippen LogP contribution in [0.2, 0.25) is 0 Å². The molecule has 3 nitrogen and oxygen atoms in total. The second-order valence-corrected chi connectivity index (χ2v) is 8.26. The third-order valence-corrected chi connectivity index (χ3v) is 7.43. The fourth-order valence-corrected chi connectivity index (χ4v) is 5.88. The molecule has 0 radical (unpaired) electrons. The van der Waals surface area contributed by atoms with Crippen LogP contribution in [-0.4, -0.2) is 18.1 Å². The molecule has 0 amide bonds. The largest absolute Gasteiger partial charge is 0.251 e. The van der Waals surface area contributed by atoms with Crippen molar-refractivity contribution in [3.63, 3.8) is 0 Å². The minimum absolute atomic E-state index is 0.429. The van der Waals surface area contributed by atoms with Gasteiger partial charge in [-0.2, -0.15) is 0 Å². The van der Waals surface area contributed by atoms with Crippen molar-refractivity contribution in [1.29, 1.82) is 0 Å². The van der Waals surface area contributed by atoms with Gasteiger partial charge in [-0.3, -0.25) is 5.43 Å². The second-order valence-electron chi connectivity index (χ2n) is 8.26. The van der Waals surface area contributed by atoms with Gasteiger partial charge in [-0.05, 0) is 29.6 Å². The summed E-state index contributed by atoms with van der Waals surface area (Å²) in [6.07, 6.45) is 4.95. The summed E-state index contributed by atoms with van der Waals surface area (Å²) in [5.41, 5.74) is 6.15. The van der Waals surface area contributed by atoms with E-state index in [1.54, 1.807) is 0 Å². The van der Waals surface area contributed by atoms with Crippen LogP contribution in [0.25, 0.3) is 0 Å². The number of hydrogen-bond acceptors (Lipinski definition) is 2. The van der Waals surface area contributed by atoms with Gasteiger partial charge < -0.3 is 0 Å². The van der Waals surface area contributed by atoms with Crippen molar-refractivity contribution in [2.24, 2.45) is 29.7 Å².